The molecule has 1 atom stereocenters. The number of ether oxygens (including phenoxy) is 1. The van der Waals surface area contributed by atoms with Crippen molar-refractivity contribution in [3.8, 4) is 5.75 Å². The van der Waals surface area contributed by atoms with Crippen molar-refractivity contribution in [1.29, 1.82) is 0 Å². The number of hydrogen-bond donors (Lipinski definition) is 1. The Balaban J connectivity index is 2.28. The second kappa shape index (κ2) is 10.9. The Morgan fingerprint density at radius 3 is 2.26 bits per heavy atom. The van der Waals surface area contributed by atoms with Crippen molar-refractivity contribution >= 4 is 35.0 Å². The molecule has 168 valence electrons. The average Bonchev–Trinajstić information content (AvgIpc) is 2.71. The van der Waals surface area contributed by atoms with E-state index in [1.807, 2.05) is 31.2 Å². The summed E-state index contributed by atoms with van der Waals surface area (Å²) in [6.07, 6.45) is 0. The number of likely N-dealkylation sites (N-methyl/N-ethyl adjacent to an activating group) is 1. The molecule has 0 aliphatic carbocycles. The van der Waals surface area contributed by atoms with Crippen LogP contribution in [0.4, 0.5) is 0 Å². The van der Waals surface area contributed by atoms with E-state index >= 15 is 0 Å². The van der Waals surface area contributed by atoms with Crippen molar-refractivity contribution in [2.24, 2.45) is 0 Å². The number of carbonyl (C=O) groups excluding carboxylic acids is 2. The minimum atomic E-state index is -0.721. The van der Waals surface area contributed by atoms with E-state index in [9.17, 15) is 9.59 Å². The summed E-state index contributed by atoms with van der Waals surface area (Å²) in [5.74, 6) is 0.0531. The largest absolute Gasteiger partial charge is 0.483 e. The van der Waals surface area contributed by atoms with Crippen LogP contribution in [0.25, 0.3) is 0 Å². The van der Waals surface area contributed by atoms with Crippen molar-refractivity contribution < 1.29 is 14.3 Å². The van der Waals surface area contributed by atoms with E-state index in [2.05, 4.69) is 26.1 Å². The molecule has 1 N–H and O–H groups in total. The number of hydrogen-bond acceptors (Lipinski definition) is 3. The Morgan fingerprint density at radius 1 is 1.06 bits per heavy atom. The van der Waals surface area contributed by atoms with Gasteiger partial charge in [0.25, 0.3) is 5.91 Å². The molecule has 2 aromatic rings. The molecule has 0 bridgehead atoms. The lowest BCUT2D eigenvalue weighted by atomic mass is 9.86. The molecule has 5 nitrogen and oxygen atoms in total. The minimum Gasteiger partial charge on any atom is -0.483 e. The molecule has 0 heterocycles. The Labute approximate surface area is 194 Å². The summed E-state index contributed by atoms with van der Waals surface area (Å²) in [5.41, 5.74) is 1.45. The number of halogens is 2. The van der Waals surface area contributed by atoms with Crippen LogP contribution in [0.2, 0.25) is 10.0 Å². The lowest BCUT2D eigenvalue weighted by Gasteiger charge is -2.30. The smallest absolute Gasteiger partial charge is 0.261 e. The van der Waals surface area contributed by atoms with Crippen LogP contribution < -0.4 is 10.1 Å². The lowest BCUT2D eigenvalue weighted by molar-refractivity contribution is -0.142. The Bertz CT molecular complexity index is 905. The van der Waals surface area contributed by atoms with Gasteiger partial charge in [-0.25, -0.2) is 0 Å². The SMILES string of the molecule is CCNC(=O)C(C)N(Cc1c(Cl)cccc1Cl)C(=O)COc1ccccc1C(C)(C)C. The number of amides is 2. The highest BCUT2D eigenvalue weighted by molar-refractivity contribution is 6.36. The minimum absolute atomic E-state index is 0.0971. The Kier molecular flexibility index (Phi) is 8.78. The van der Waals surface area contributed by atoms with Crippen LogP contribution >= 0.6 is 23.2 Å². The van der Waals surface area contributed by atoms with Crippen LogP contribution in [0.1, 0.15) is 45.7 Å². The zero-order valence-electron chi connectivity index (χ0n) is 18.7. The first kappa shape index (κ1) is 25.0. The maximum absolute atomic E-state index is 13.2. The highest BCUT2D eigenvalue weighted by Crippen LogP contribution is 2.31. The number of benzene rings is 2. The van der Waals surface area contributed by atoms with E-state index in [0.717, 1.165) is 5.56 Å². The first-order chi connectivity index (χ1) is 14.6. The van der Waals surface area contributed by atoms with Gasteiger partial charge in [-0.3, -0.25) is 9.59 Å². The van der Waals surface area contributed by atoms with Crippen LogP contribution in [-0.2, 0) is 21.5 Å². The van der Waals surface area contributed by atoms with Crippen molar-refractivity contribution in [3.63, 3.8) is 0 Å². The van der Waals surface area contributed by atoms with Gasteiger partial charge in [-0.1, -0.05) is 68.2 Å². The quantitative estimate of drug-likeness (QED) is 0.582. The first-order valence-corrected chi connectivity index (χ1v) is 11.0. The third-order valence-electron chi connectivity index (χ3n) is 4.95. The zero-order chi connectivity index (χ0) is 23.2. The van der Waals surface area contributed by atoms with Crippen molar-refractivity contribution in [2.45, 2.75) is 52.6 Å². The molecule has 0 aliphatic heterocycles. The third kappa shape index (κ3) is 6.62. The molecular formula is C24H30Cl2N2O3. The van der Waals surface area contributed by atoms with E-state index in [4.69, 9.17) is 27.9 Å². The highest BCUT2D eigenvalue weighted by atomic mass is 35.5. The van der Waals surface area contributed by atoms with Gasteiger partial charge in [0.05, 0.1) is 0 Å². The van der Waals surface area contributed by atoms with Crippen molar-refractivity contribution in [1.82, 2.24) is 10.2 Å². The van der Waals surface area contributed by atoms with Gasteiger partial charge < -0.3 is 15.0 Å². The highest BCUT2D eigenvalue weighted by Gasteiger charge is 2.28. The standard InChI is InChI=1S/C24H30Cl2N2O3/c1-6-27-23(30)16(2)28(14-17-19(25)11-9-12-20(17)26)22(29)15-31-21-13-8-7-10-18(21)24(3,4)5/h7-13,16H,6,14-15H2,1-5H3,(H,27,30). The first-order valence-electron chi connectivity index (χ1n) is 10.3. The summed E-state index contributed by atoms with van der Waals surface area (Å²) in [4.78, 5) is 27.1. The van der Waals surface area contributed by atoms with Crippen LogP contribution in [0.15, 0.2) is 42.5 Å². The molecule has 2 amide bonds. The second-order valence-electron chi connectivity index (χ2n) is 8.33. The summed E-state index contributed by atoms with van der Waals surface area (Å²) in [6, 6.07) is 12.1. The van der Waals surface area contributed by atoms with E-state index in [1.54, 1.807) is 25.1 Å². The van der Waals surface area contributed by atoms with Gasteiger partial charge in [0.1, 0.15) is 11.8 Å². The maximum Gasteiger partial charge on any atom is 0.261 e. The Hall–Kier alpha value is -2.24. The molecule has 0 fully saturated rings. The number of nitrogens with zero attached hydrogens (tertiary/aromatic N) is 1. The lowest BCUT2D eigenvalue weighted by Crippen LogP contribution is -2.49. The number of rotatable bonds is 8. The second-order valence-corrected chi connectivity index (χ2v) is 9.14. The van der Waals surface area contributed by atoms with Gasteiger partial charge in [-0.15, -0.1) is 0 Å². The van der Waals surface area contributed by atoms with Gasteiger partial charge in [-0.05, 0) is 43.0 Å². The van der Waals surface area contributed by atoms with Crippen LogP contribution in [-0.4, -0.2) is 35.9 Å². The summed E-state index contributed by atoms with van der Waals surface area (Å²) in [6.45, 7) is 10.1. The maximum atomic E-state index is 13.2. The molecule has 0 saturated carbocycles. The summed E-state index contributed by atoms with van der Waals surface area (Å²) in [7, 11) is 0. The van der Waals surface area contributed by atoms with Gasteiger partial charge in [-0.2, -0.15) is 0 Å². The predicted octanol–water partition coefficient (Wildman–Crippen LogP) is 5.22. The molecule has 2 aromatic carbocycles. The normalized spacial score (nSPS) is 12.2. The number of carbonyl (C=O) groups is 2. The van der Waals surface area contributed by atoms with Gasteiger partial charge >= 0.3 is 0 Å². The van der Waals surface area contributed by atoms with E-state index < -0.39 is 6.04 Å². The van der Waals surface area contributed by atoms with Crippen LogP contribution in [0.5, 0.6) is 5.75 Å². The average molecular weight is 465 g/mol. The number of nitrogens with one attached hydrogen (secondary N) is 1. The molecule has 2 rings (SSSR count). The predicted molar refractivity (Wildman–Crippen MR) is 126 cm³/mol. The molecular weight excluding hydrogens is 435 g/mol. The fourth-order valence-electron chi connectivity index (χ4n) is 3.19. The Morgan fingerprint density at radius 2 is 1.68 bits per heavy atom. The summed E-state index contributed by atoms with van der Waals surface area (Å²) < 4.78 is 5.91. The molecule has 0 saturated heterocycles. The number of para-hydroxylation sites is 1. The van der Waals surface area contributed by atoms with Gasteiger partial charge in [0, 0.05) is 28.7 Å². The zero-order valence-corrected chi connectivity index (χ0v) is 20.2. The fraction of sp³-hybridized carbons (Fsp3) is 0.417. The molecule has 0 aliphatic rings. The van der Waals surface area contributed by atoms with Crippen LogP contribution in [0.3, 0.4) is 0 Å². The summed E-state index contributed by atoms with van der Waals surface area (Å²) >= 11 is 12.6. The third-order valence-corrected chi connectivity index (χ3v) is 5.66. The monoisotopic (exact) mass is 464 g/mol. The fourth-order valence-corrected chi connectivity index (χ4v) is 3.71. The van der Waals surface area contributed by atoms with Gasteiger partial charge in [0.2, 0.25) is 5.91 Å². The van der Waals surface area contributed by atoms with Crippen molar-refractivity contribution in [3.05, 3.63) is 63.6 Å². The molecule has 7 heteroatoms. The molecule has 1 unspecified atom stereocenters. The molecule has 0 spiro atoms. The molecule has 31 heavy (non-hydrogen) atoms. The van der Waals surface area contributed by atoms with Crippen molar-refractivity contribution in [2.75, 3.05) is 13.2 Å². The van der Waals surface area contributed by atoms with E-state index in [0.29, 0.717) is 27.9 Å². The topological polar surface area (TPSA) is 58.6 Å². The van der Waals surface area contributed by atoms with Gasteiger partial charge in [0.15, 0.2) is 6.61 Å². The molecule has 0 aromatic heterocycles. The summed E-state index contributed by atoms with van der Waals surface area (Å²) in [5, 5.41) is 3.63. The van der Waals surface area contributed by atoms with E-state index in [1.165, 1.54) is 4.90 Å². The molecule has 0 radical (unpaired) electrons. The van der Waals surface area contributed by atoms with Crippen LogP contribution in [0, 0.1) is 0 Å². The van der Waals surface area contributed by atoms with E-state index in [-0.39, 0.29) is 30.4 Å².